The molecule has 0 rings (SSSR count). The maximum atomic E-state index is 11.3. The third-order valence-corrected chi connectivity index (χ3v) is 2.67. The Labute approximate surface area is 85.3 Å². The number of hydrogen-bond donors (Lipinski definition) is 3. The van der Waals surface area contributed by atoms with E-state index in [0.717, 1.165) is 0 Å². The standard InChI is InChI=1S/C9H19NO2S/c1-6(2)8(13)9(12)10-4-7(3)5-11/h6-8,11,13H,4-5H2,1-3H3,(H,10,12). The second-order valence-corrected chi connectivity index (χ2v) is 4.28. The van der Waals surface area contributed by atoms with E-state index in [0.29, 0.717) is 6.54 Å². The summed E-state index contributed by atoms with van der Waals surface area (Å²) in [5, 5.41) is 11.2. The lowest BCUT2D eigenvalue weighted by molar-refractivity contribution is -0.121. The summed E-state index contributed by atoms with van der Waals surface area (Å²) in [5.41, 5.74) is 0. The van der Waals surface area contributed by atoms with E-state index in [2.05, 4.69) is 17.9 Å². The van der Waals surface area contributed by atoms with Crippen molar-refractivity contribution in [1.82, 2.24) is 5.32 Å². The second-order valence-electron chi connectivity index (χ2n) is 3.72. The lowest BCUT2D eigenvalue weighted by Gasteiger charge is -2.16. The van der Waals surface area contributed by atoms with Gasteiger partial charge in [0.25, 0.3) is 0 Å². The first-order valence-electron chi connectivity index (χ1n) is 4.55. The van der Waals surface area contributed by atoms with Crippen molar-refractivity contribution in [3.63, 3.8) is 0 Å². The minimum Gasteiger partial charge on any atom is -0.396 e. The molecule has 0 heterocycles. The molecule has 0 aromatic carbocycles. The largest absolute Gasteiger partial charge is 0.396 e. The zero-order chi connectivity index (χ0) is 10.4. The Morgan fingerprint density at radius 1 is 1.46 bits per heavy atom. The first-order chi connectivity index (χ1) is 5.99. The van der Waals surface area contributed by atoms with E-state index in [9.17, 15) is 4.79 Å². The average Bonchev–Trinajstić information content (AvgIpc) is 2.11. The Bertz CT molecular complexity index is 162. The van der Waals surface area contributed by atoms with Crippen molar-refractivity contribution in [1.29, 1.82) is 0 Å². The van der Waals surface area contributed by atoms with Crippen LogP contribution in [0.1, 0.15) is 20.8 Å². The highest BCUT2D eigenvalue weighted by Gasteiger charge is 2.17. The van der Waals surface area contributed by atoms with Gasteiger partial charge in [0.05, 0.1) is 5.25 Å². The van der Waals surface area contributed by atoms with Crippen LogP contribution in [0.25, 0.3) is 0 Å². The molecule has 0 fully saturated rings. The topological polar surface area (TPSA) is 49.3 Å². The maximum absolute atomic E-state index is 11.3. The van der Waals surface area contributed by atoms with Gasteiger partial charge in [0, 0.05) is 13.2 Å². The van der Waals surface area contributed by atoms with E-state index in [1.807, 2.05) is 20.8 Å². The van der Waals surface area contributed by atoms with Gasteiger partial charge in [-0.15, -0.1) is 0 Å². The summed E-state index contributed by atoms with van der Waals surface area (Å²) in [4.78, 5) is 11.3. The van der Waals surface area contributed by atoms with Gasteiger partial charge in [-0.2, -0.15) is 12.6 Å². The monoisotopic (exact) mass is 205 g/mol. The van der Waals surface area contributed by atoms with Crippen LogP contribution in [0.15, 0.2) is 0 Å². The van der Waals surface area contributed by atoms with Gasteiger partial charge >= 0.3 is 0 Å². The molecule has 2 unspecified atom stereocenters. The Kier molecular flexibility index (Phi) is 6.16. The molecule has 2 atom stereocenters. The molecule has 13 heavy (non-hydrogen) atoms. The van der Waals surface area contributed by atoms with Crippen LogP contribution in [-0.4, -0.2) is 29.4 Å². The van der Waals surface area contributed by atoms with Crippen LogP contribution in [-0.2, 0) is 4.79 Å². The van der Waals surface area contributed by atoms with Crippen LogP contribution >= 0.6 is 12.6 Å². The smallest absolute Gasteiger partial charge is 0.233 e. The fourth-order valence-electron chi connectivity index (χ4n) is 0.747. The molecule has 0 saturated carbocycles. The Morgan fingerprint density at radius 3 is 2.38 bits per heavy atom. The Balaban J connectivity index is 3.74. The number of thiol groups is 1. The van der Waals surface area contributed by atoms with Crippen LogP contribution < -0.4 is 5.32 Å². The van der Waals surface area contributed by atoms with Crippen LogP contribution in [0, 0.1) is 11.8 Å². The number of carbonyl (C=O) groups excluding carboxylic acids is 1. The molecule has 0 aromatic rings. The average molecular weight is 205 g/mol. The molecule has 0 aliphatic rings. The van der Waals surface area contributed by atoms with Crippen LogP contribution in [0.4, 0.5) is 0 Å². The van der Waals surface area contributed by atoms with E-state index in [1.54, 1.807) is 0 Å². The third kappa shape index (κ3) is 5.16. The van der Waals surface area contributed by atoms with Gasteiger partial charge < -0.3 is 10.4 Å². The molecular formula is C9H19NO2S. The minimum absolute atomic E-state index is 0.0568. The summed E-state index contributed by atoms with van der Waals surface area (Å²) >= 11 is 4.18. The van der Waals surface area contributed by atoms with Crippen molar-refractivity contribution in [2.24, 2.45) is 11.8 Å². The summed E-state index contributed by atoms with van der Waals surface area (Å²) < 4.78 is 0. The Hall–Kier alpha value is -0.220. The van der Waals surface area contributed by atoms with Gasteiger partial charge in [-0.05, 0) is 11.8 Å². The minimum atomic E-state index is -0.258. The predicted octanol–water partition coefficient (Wildman–Crippen LogP) is 0.685. The van der Waals surface area contributed by atoms with Crippen molar-refractivity contribution >= 4 is 18.5 Å². The van der Waals surface area contributed by atoms with E-state index in [1.165, 1.54) is 0 Å². The first-order valence-corrected chi connectivity index (χ1v) is 5.07. The summed E-state index contributed by atoms with van der Waals surface area (Å²) in [5.74, 6) is 0.281. The molecule has 0 bridgehead atoms. The normalized spacial score (nSPS) is 15.5. The molecule has 78 valence electrons. The molecular weight excluding hydrogens is 186 g/mol. The van der Waals surface area contributed by atoms with E-state index >= 15 is 0 Å². The zero-order valence-electron chi connectivity index (χ0n) is 8.45. The number of nitrogens with one attached hydrogen (secondary N) is 1. The highest BCUT2D eigenvalue weighted by atomic mass is 32.1. The van der Waals surface area contributed by atoms with Gasteiger partial charge in [-0.1, -0.05) is 20.8 Å². The fourth-order valence-corrected chi connectivity index (χ4v) is 0.838. The number of rotatable bonds is 5. The lowest BCUT2D eigenvalue weighted by Crippen LogP contribution is -2.37. The molecule has 0 spiro atoms. The van der Waals surface area contributed by atoms with E-state index in [4.69, 9.17) is 5.11 Å². The molecule has 0 aromatic heterocycles. The molecule has 1 amide bonds. The van der Waals surface area contributed by atoms with Gasteiger partial charge in [0.2, 0.25) is 5.91 Å². The maximum Gasteiger partial charge on any atom is 0.233 e. The van der Waals surface area contributed by atoms with Crippen LogP contribution in [0.3, 0.4) is 0 Å². The number of hydrogen-bond acceptors (Lipinski definition) is 3. The molecule has 0 aliphatic heterocycles. The quantitative estimate of drug-likeness (QED) is 0.578. The predicted molar refractivity (Wildman–Crippen MR) is 56.9 cm³/mol. The third-order valence-electron chi connectivity index (χ3n) is 1.84. The molecule has 0 aliphatic carbocycles. The highest BCUT2D eigenvalue weighted by molar-refractivity contribution is 7.81. The van der Waals surface area contributed by atoms with Gasteiger partial charge in [-0.3, -0.25) is 4.79 Å². The molecule has 0 saturated heterocycles. The van der Waals surface area contributed by atoms with Crippen molar-refractivity contribution in [3.8, 4) is 0 Å². The van der Waals surface area contributed by atoms with Gasteiger partial charge in [-0.25, -0.2) is 0 Å². The molecule has 4 heteroatoms. The number of carbonyl (C=O) groups is 1. The molecule has 2 N–H and O–H groups in total. The molecule has 0 radical (unpaired) electrons. The first kappa shape index (κ1) is 12.8. The number of aliphatic hydroxyl groups excluding tert-OH is 1. The number of aliphatic hydroxyl groups is 1. The lowest BCUT2D eigenvalue weighted by atomic mass is 10.1. The SMILES string of the molecule is CC(CO)CNC(=O)C(S)C(C)C. The fraction of sp³-hybridized carbons (Fsp3) is 0.889. The summed E-state index contributed by atoms with van der Waals surface area (Å²) in [6.07, 6.45) is 0. The van der Waals surface area contributed by atoms with Gasteiger partial charge in [0.15, 0.2) is 0 Å². The highest BCUT2D eigenvalue weighted by Crippen LogP contribution is 2.08. The Morgan fingerprint density at radius 2 is 2.00 bits per heavy atom. The van der Waals surface area contributed by atoms with E-state index < -0.39 is 0 Å². The summed E-state index contributed by atoms with van der Waals surface area (Å²) in [6, 6.07) is 0. The molecule has 3 nitrogen and oxygen atoms in total. The van der Waals surface area contributed by atoms with E-state index in [-0.39, 0.29) is 29.6 Å². The van der Waals surface area contributed by atoms with Crippen molar-refractivity contribution < 1.29 is 9.90 Å². The summed E-state index contributed by atoms with van der Waals surface area (Å²) in [7, 11) is 0. The van der Waals surface area contributed by atoms with Crippen LogP contribution in [0.2, 0.25) is 0 Å². The van der Waals surface area contributed by atoms with Crippen molar-refractivity contribution in [2.45, 2.75) is 26.0 Å². The van der Waals surface area contributed by atoms with Crippen molar-refractivity contribution in [3.05, 3.63) is 0 Å². The van der Waals surface area contributed by atoms with Crippen LogP contribution in [0.5, 0.6) is 0 Å². The summed E-state index contributed by atoms with van der Waals surface area (Å²) in [6.45, 7) is 6.39. The number of amides is 1. The second kappa shape index (κ2) is 6.27. The van der Waals surface area contributed by atoms with Crippen molar-refractivity contribution in [2.75, 3.05) is 13.2 Å². The van der Waals surface area contributed by atoms with Gasteiger partial charge in [0.1, 0.15) is 0 Å². The zero-order valence-corrected chi connectivity index (χ0v) is 9.34.